The topological polar surface area (TPSA) is 77.0 Å². The van der Waals surface area contributed by atoms with E-state index in [1.54, 1.807) is 0 Å². The summed E-state index contributed by atoms with van der Waals surface area (Å²) < 4.78 is 12.7. The van der Waals surface area contributed by atoms with E-state index in [9.17, 15) is 9.18 Å². The van der Waals surface area contributed by atoms with Crippen LogP contribution in [0.4, 0.5) is 4.39 Å². The van der Waals surface area contributed by atoms with Crippen molar-refractivity contribution >= 4 is 5.91 Å². The molecule has 5 nitrogen and oxygen atoms in total. The molecule has 1 saturated heterocycles. The SMILES string of the molecule is N#CC1CNNC1NC(=O)c1ccc(F)cc1. The lowest BCUT2D eigenvalue weighted by Crippen LogP contribution is -2.46. The number of carbonyl (C=O) groups excluding carboxylic acids is 1. The number of hydrazine groups is 1. The predicted molar refractivity (Wildman–Crippen MR) is 57.9 cm³/mol. The molecule has 1 aromatic rings. The summed E-state index contributed by atoms with van der Waals surface area (Å²) in [6, 6.07) is 7.31. The van der Waals surface area contributed by atoms with Crippen molar-refractivity contribution in [1.29, 1.82) is 5.26 Å². The molecule has 0 saturated carbocycles. The maximum atomic E-state index is 12.7. The number of hydrogen-bond donors (Lipinski definition) is 3. The van der Waals surface area contributed by atoms with Crippen LogP contribution in [-0.4, -0.2) is 18.6 Å². The van der Waals surface area contributed by atoms with Gasteiger partial charge in [-0.15, -0.1) is 0 Å². The molecule has 2 unspecified atom stereocenters. The minimum Gasteiger partial charge on any atom is -0.334 e. The highest BCUT2D eigenvalue weighted by Gasteiger charge is 2.28. The van der Waals surface area contributed by atoms with Crippen LogP contribution in [0.2, 0.25) is 0 Å². The summed E-state index contributed by atoms with van der Waals surface area (Å²) in [5, 5.41) is 11.5. The van der Waals surface area contributed by atoms with Gasteiger partial charge in [0.2, 0.25) is 0 Å². The average molecular weight is 234 g/mol. The predicted octanol–water partition coefficient (Wildman–Crippen LogP) is 0.129. The first kappa shape index (κ1) is 11.5. The average Bonchev–Trinajstić information content (AvgIpc) is 2.77. The monoisotopic (exact) mass is 234 g/mol. The van der Waals surface area contributed by atoms with Crippen LogP contribution in [0.3, 0.4) is 0 Å². The standard InChI is InChI=1S/C11H11FN4O/c12-9-3-1-7(2-4-9)11(17)15-10-8(5-13)6-14-16-10/h1-4,8,10,14,16H,6H2,(H,15,17). The minimum atomic E-state index is -0.433. The van der Waals surface area contributed by atoms with E-state index < -0.39 is 12.0 Å². The molecule has 0 bridgehead atoms. The zero-order valence-electron chi connectivity index (χ0n) is 8.90. The second kappa shape index (κ2) is 4.91. The Bertz CT molecular complexity index is 454. The fourth-order valence-corrected chi connectivity index (χ4v) is 1.58. The fraction of sp³-hybridized carbons (Fsp3) is 0.273. The van der Waals surface area contributed by atoms with Crippen molar-refractivity contribution in [3.05, 3.63) is 35.6 Å². The molecular formula is C11H11FN4O. The van der Waals surface area contributed by atoms with E-state index in [0.717, 1.165) is 0 Å². The van der Waals surface area contributed by atoms with Crippen molar-refractivity contribution < 1.29 is 9.18 Å². The molecule has 2 rings (SSSR count). The molecule has 1 aliphatic rings. The van der Waals surface area contributed by atoms with E-state index in [1.165, 1.54) is 24.3 Å². The molecule has 88 valence electrons. The van der Waals surface area contributed by atoms with Gasteiger partial charge in [0, 0.05) is 12.1 Å². The van der Waals surface area contributed by atoms with Gasteiger partial charge in [-0.3, -0.25) is 10.2 Å². The van der Waals surface area contributed by atoms with Crippen molar-refractivity contribution in [2.45, 2.75) is 6.17 Å². The van der Waals surface area contributed by atoms with E-state index in [0.29, 0.717) is 12.1 Å². The summed E-state index contributed by atoms with van der Waals surface area (Å²) in [5.74, 6) is -1.05. The number of benzene rings is 1. The van der Waals surface area contributed by atoms with Gasteiger partial charge in [-0.2, -0.15) is 5.26 Å². The van der Waals surface area contributed by atoms with Crippen LogP contribution in [0.25, 0.3) is 0 Å². The van der Waals surface area contributed by atoms with Crippen LogP contribution in [-0.2, 0) is 0 Å². The first-order valence-electron chi connectivity index (χ1n) is 5.15. The maximum Gasteiger partial charge on any atom is 0.252 e. The molecule has 1 heterocycles. The Kier molecular flexibility index (Phi) is 3.32. The van der Waals surface area contributed by atoms with Crippen LogP contribution in [0.15, 0.2) is 24.3 Å². The lowest BCUT2D eigenvalue weighted by molar-refractivity contribution is 0.0927. The van der Waals surface area contributed by atoms with Crippen molar-refractivity contribution in [3.63, 3.8) is 0 Å². The van der Waals surface area contributed by atoms with Crippen LogP contribution < -0.4 is 16.2 Å². The van der Waals surface area contributed by atoms with E-state index >= 15 is 0 Å². The Morgan fingerprint density at radius 3 is 2.82 bits per heavy atom. The summed E-state index contributed by atoms with van der Waals surface area (Å²) in [6.07, 6.45) is -0.433. The molecule has 17 heavy (non-hydrogen) atoms. The van der Waals surface area contributed by atoms with Crippen molar-refractivity contribution in [2.24, 2.45) is 5.92 Å². The van der Waals surface area contributed by atoms with E-state index in [4.69, 9.17) is 5.26 Å². The number of rotatable bonds is 2. The molecular weight excluding hydrogens is 223 g/mol. The van der Waals surface area contributed by atoms with Crippen LogP contribution in [0.1, 0.15) is 10.4 Å². The van der Waals surface area contributed by atoms with Gasteiger partial charge in [-0.1, -0.05) is 0 Å². The van der Waals surface area contributed by atoms with E-state index in [-0.39, 0.29) is 11.8 Å². The Labute approximate surface area is 97.6 Å². The largest absolute Gasteiger partial charge is 0.334 e. The zero-order valence-corrected chi connectivity index (χ0v) is 8.90. The molecule has 1 aliphatic heterocycles. The molecule has 0 radical (unpaired) electrons. The molecule has 6 heteroatoms. The van der Waals surface area contributed by atoms with Crippen molar-refractivity contribution in [2.75, 3.05) is 6.54 Å². The van der Waals surface area contributed by atoms with Gasteiger partial charge in [0.15, 0.2) is 0 Å². The third-order valence-corrected chi connectivity index (χ3v) is 2.54. The summed E-state index contributed by atoms with van der Waals surface area (Å²) in [6.45, 7) is 0.477. The third-order valence-electron chi connectivity index (χ3n) is 2.54. The number of nitrogens with zero attached hydrogens (tertiary/aromatic N) is 1. The molecule has 2 atom stereocenters. The van der Waals surface area contributed by atoms with Gasteiger partial charge in [0.25, 0.3) is 5.91 Å². The summed E-state index contributed by atoms with van der Waals surface area (Å²) in [5.41, 5.74) is 5.94. The zero-order chi connectivity index (χ0) is 12.3. The number of nitriles is 1. The minimum absolute atomic E-state index is 0.320. The highest BCUT2D eigenvalue weighted by Crippen LogP contribution is 2.06. The smallest absolute Gasteiger partial charge is 0.252 e. The second-order valence-corrected chi connectivity index (χ2v) is 3.72. The lowest BCUT2D eigenvalue weighted by Gasteiger charge is -2.14. The highest BCUT2D eigenvalue weighted by atomic mass is 19.1. The molecule has 3 N–H and O–H groups in total. The van der Waals surface area contributed by atoms with Crippen LogP contribution in [0, 0.1) is 23.1 Å². The third kappa shape index (κ3) is 2.58. The number of carbonyl (C=O) groups is 1. The van der Waals surface area contributed by atoms with Gasteiger partial charge >= 0.3 is 0 Å². The molecule has 1 aromatic carbocycles. The maximum absolute atomic E-state index is 12.7. The number of amides is 1. The van der Waals surface area contributed by atoms with Crippen LogP contribution >= 0.6 is 0 Å². The van der Waals surface area contributed by atoms with Crippen LogP contribution in [0.5, 0.6) is 0 Å². The lowest BCUT2D eigenvalue weighted by atomic mass is 10.1. The molecule has 1 amide bonds. The van der Waals surface area contributed by atoms with Crippen molar-refractivity contribution in [3.8, 4) is 6.07 Å². The summed E-state index contributed by atoms with van der Waals surface area (Å²) in [7, 11) is 0. The molecule has 0 spiro atoms. The molecule has 0 aliphatic carbocycles. The van der Waals surface area contributed by atoms with Gasteiger partial charge in [-0.05, 0) is 24.3 Å². The normalized spacial score (nSPS) is 23.1. The Hall–Kier alpha value is -1.97. The molecule has 0 aromatic heterocycles. The van der Waals surface area contributed by atoms with Crippen molar-refractivity contribution in [1.82, 2.24) is 16.2 Å². The Balaban J connectivity index is 2.02. The highest BCUT2D eigenvalue weighted by molar-refractivity contribution is 5.94. The quantitative estimate of drug-likeness (QED) is 0.679. The van der Waals surface area contributed by atoms with E-state index in [1.807, 2.05) is 0 Å². The first-order chi connectivity index (χ1) is 8.20. The Morgan fingerprint density at radius 2 is 2.18 bits per heavy atom. The van der Waals surface area contributed by atoms with Gasteiger partial charge in [0.1, 0.15) is 12.0 Å². The van der Waals surface area contributed by atoms with E-state index in [2.05, 4.69) is 22.2 Å². The first-order valence-corrected chi connectivity index (χ1v) is 5.15. The van der Waals surface area contributed by atoms with Gasteiger partial charge < -0.3 is 5.32 Å². The van der Waals surface area contributed by atoms with Gasteiger partial charge in [0.05, 0.1) is 12.0 Å². The number of hydrogen-bond acceptors (Lipinski definition) is 4. The molecule has 1 fully saturated rings. The number of nitrogens with one attached hydrogen (secondary N) is 3. The summed E-state index contributed by atoms with van der Waals surface area (Å²) in [4.78, 5) is 11.8. The summed E-state index contributed by atoms with van der Waals surface area (Å²) >= 11 is 0. The number of halogens is 1. The fourth-order valence-electron chi connectivity index (χ4n) is 1.58. The Morgan fingerprint density at radius 1 is 1.47 bits per heavy atom. The van der Waals surface area contributed by atoms with Gasteiger partial charge in [-0.25, -0.2) is 9.82 Å². The second-order valence-electron chi connectivity index (χ2n) is 3.72.